The first-order chi connectivity index (χ1) is 15.4. The van der Waals surface area contributed by atoms with Crippen molar-refractivity contribution in [2.75, 3.05) is 33.3 Å². The Morgan fingerprint density at radius 2 is 1.44 bits per heavy atom. The molecule has 0 aromatic heterocycles. The van der Waals surface area contributed by atoms with Crippen LogP contribution in [-0.4, -0.2) is 73.2 Å². The van der Waals surface area contributed by atoms with Gasteiger partial charge in [-0.05, 0) is 75.5 Å². The summed E-state index contributed by atoms with van der Waals surface area (Å²) in [7, 11) is 1.72. The van der Waals surface area contributed by atoms with Crippen molar-refractivity contribution >= 4 is 17.9 Å². The van der Waals surface area contributed by atoms with E-state index in [0.29, 0.717) is 37.8 Å². The van der Waals surface area contributed by atoms with E-state index in [-0.39, 0.29) is 42.0 Å². The van der Waals surface area contributed by atoms with Gasteiger partial charge in [-0.1, -0.05) is 0 Å². The van der Waals surface area contributed by atoms with E-state index in [4.69, 9.17) is 15.2 Å². The fourth-order valence-corrected chi connectivity index (χ4v) is 7.56. The summed E-state index contributed by atoms with van der Waals surface area (Å²) in [6.07, 6.45) is 7.72. The van der Waals surface area contributed by atoms with Gasteiger partial charge in [-0.2, -0.15) is 0 Å². The van der Waals surface area contributed by atoms with E-state index >= 15 is 0 Å². The minimum absolute atomic E-state index is 0.0695. The normalized spacial score (nSPS) is 37.5. The van der Waals surface area contributed by atoms with Crippen molar-refractivity contribution in [1.29, 1.82) is 0 Å². The Morgan fingerprint density at radius 1 is 0.875 bits per heavy atom. The third kappa shape index (κ3) is 3.78. The molecule has 3 amide bonds. The van der Waals surface area contributed by atoms with Crippen LogP contribution in [0.4, 0.5) is 4.79 Å². The molecule has 2 N–H and O–H groups in total. The summed E-state index contributed by atoms with van der Waals surface area (Å²) < 4.78 is 11.5. The Morgan fingerprint density at radius 3 is 1.97 bits per heavy atom. The second-order valence-electron chi connectivity index (χ2n) is 11.0. The maximum Gasteiger partial charge on any atom is 0.320 e. The van der Waals surface area contributed by atoms with E-state index in [0.717, 1.165) is 51.6 Å². The number of urea groups is 1. The standard InChI is InChI=1S/C24H37N3O5/c1-31-19-4-8-27(9-5-19)23(30)26-6-2-17(3-7-26)21(28)32-20-18-11-15-10-16(12-18)14-24(20,13-15)22(25)29/h15-20H,2-14H2,1H3,(H2,25,29). The van der Waals surface area contributed by atoms with Crippen LogP contribution < -0.4 is 5.73 Å². The van der Waals surface area contributed by atoms with Crippen molar-refractivity contribution in [3.63, 3.8) is 0 Å². The molecular formula is C24H37N3O5. The van der Waals surface area contributed by atoms with Gasteiger partial charge in [-0.25, -0.2) is 4.79 Å². The van der Waals surface area contributed by atoms with Crippen molar-refractivity contribution < 1.29 is 23.9 Å². The summed E-state index contributed by atoms with van der Waals surface area (Å²) in [6.45, 7) is 2.59. The van der Waals surface area contributed by atoms with Gasteiger partial charge < -0.3 is 25.0 Å². The zero-order chi connectivity index (χ0) is 22.5. The number of amides is 3. The summed E-state index contributed by atoms with van der Waals surface area (Å²) in [5, 5.41) is 0. The average molecular weight is 448 g/mol. The van der Waals surface area contributed by atoms with Crippen LogP contribution in [0.2, 0.25) is 0 Å². The van der Waals surface area contributed by atoms with E-state index in [1.807, 2.05) is 9.80 Å². The highest BCUT2D eigenvalue weighted by atomic mass is 16.5. The van der Waals surface area contributed by atoms with Gasteiger partial charge in [0.2, 0.25) is 5.91 Å². The second kappa shape index (κ2) is 8.50. The number of methoxy groups -OCH3 is 1. The molecule has 3 unspecified atom stereocenters. The van der Waals surface area contributed by atoms with Crippen LogP contribution in [0, 0.1) is 29.1 Å². The number of primary amides is 1. The molecule has 4 aliphatic carbocycles. The van der Waals surface area contributed by atoms with Gasteiger partial charge >= 0.3 is 12.0 Å². The lowest BCUT2D eigenvalue weighted by Gasteiger charge is -2.58. The molecule has 0 aromatic carbocycles. The zero-order valence-electron chi connectivity index (χ0n) is 19.2. The molecule has 2 heterocycles. The van der Waals surface area contributed by atoms with Crippen molar-refractivity contribution in [2.45, 2.75) is 70.0 Å². The number of hydrogen-bond donors (Lipinski definition) is 1. The number of likely N-dealkylation sites (tertiary alicyclic amines) is 2. The molecule has 178 valence electrons. The van der Waals surface area contributed by atoms with Crippen molar-refractivity contribution in [2.24, 2.45) is 34.8 Å². The molecule has 8 nitrogen and oxygen atoms in total. The fourth-order valence-electron chi connectivity index (χ4n) is 7.56. The molecule has 6 rings (SSSR count). The molecule has 6 fully saturated rings. The molecule has 8 heteroatoms. The smallest absolute Gasteiger partial charge is 0.320 e. The number of hydrogen-bond acceptors (Lipinski definition) is 5. The Bertz CT molecular complexity index is 743. The molecule has 0 aromatic rings. The largest absolute Gasteiger partial charge is 0.461 e. The molecule has 32 heavy (non-hydrogen) atoms. The molecule has 4 bridgehead atoms. The van der Waals surface area contributed by atoms with E-state index < -0.39 is 5.41 Å². The lowest BCUT2D eigenvalue weighted by Crippen LogP contribution is -2.62. The van der Waals surface area contributed by atoms with E-state index in [1.54, 1.807) is 7.11 Å². The fraction of sp³-hybridized carbons (Fsp3) is 0.875. The number of carbonyl (C=O) groups excluding carboxylic acids is 3. The van der Waals surface area contributed by atoms with Gasteiger partial charge in [0.15, 0.2) is 0 Å². The highest BCUT2D eigenvalue weighted by Gasteiger charge is 2.62. The summed E-state index contributed by atoms with van der Waals surface area (Å²) >= 11 is 0. The van der Waals surface area contributed by atoms with Crippen molar-refractivity contribution in [1.82, 2.24) is 9.80 Å². The first kappa shape index (κ1) is 22.0. The van der Waals surface area contributed by atoms with Crippen LogP contribution in [0.25, 0.3) is 0 Å². The summed E-state index contributed by atoms with van der Waals surface area (Å²) in [5.74, 6) is 0.689. The topological polar surface area (TPSA) is 102 Å². The van der Waals surface area contributed by atoms with Gasteiger partial charge in [0.25, 0.3) is 0 Å². The van der Waals surface area contributed by atoms with Gasteiger partial charge in [0.1, 0.15) is 6.10 Å². The van der Waals surface area contributed by atoms with Crippen LogP contribution in [-0.2, 0) is 19.1 Å². The predicted molar refractivity (Wildman–Crippen MR) is 116 cm³/mol. The number of nitrogens with zero attached hydrogens (tertiary/aromatic N) is 2. The maximum absolute atomic E-state index is 13.1. The molecule has 0 spiro atoms. The average Bonchev–Trinajstić information content (AvgIpc) is 2.80. The third-order valence-electron chi connectivity index (χ3n) is 9.10. The summed E-state index contributed by atoms with van der Waals surface area (Å²) in [6, 6.07) is 0.0695. The Hall–Kier alpha value is -1.83. The molecule has 0 radical (unpaired) electrons. The molecular weight excluding hydrogens is 410 g/mol. The molecule has 6 aliphatic rings. The van der Waals surface area contributed by atoms with Gasteiger partial charge in [-0.15, -0.1) is 0 Å². The zero-order valence-corrected chi connectivity index (χ0v) is 19.2. The van der Waals surface area contributed by atoms with Crippen molar-refractivity contribution in [3.8, 4) is 0 Å². The highest BCUT2D eigenvalue weighted by Crippen LogP contribution is 2.61. The number of esters is 1. The summed E-state index contributed by atoms with van der Waals surface area (Å²) in [5.41, 5.74) is 5.23. The predicted octanol–water partition coefficient (Wildman–Crippen LogP) is 2.15. The number of rotatable bonds is 4. The summed E-state index contributed by atoms with van der Waals surface area (Å²) in [4.78, 5) is 42.2. The first-order valence-corrected chi connectivity index (χ1v) is 12.5. The quantitative estimate of drug-likeness (QED) is 0.666. The Labute approximate surface area is 190 Å². The lowest BCUT2D eigenvalue weighted by molar-refractivity contribution is -0.199. The first-order valence-electron chi connectivity index (χ1n) is 12.5. The number of nitrogens with two attached hydrogens (primary N) is 1. The van der Waals surface area contributed by atoms with Gasteiger partial charge in [0.05, 0.1) is 17.4 Å². The minimum Gasteiger partial charge on any atom is -0.461 e. The van der Waals surface area contributed by atoms with Gasteiger partial charge in [-0.3, -0.25) is 9.59 Å². The molecule has 2 saturated heterocycles. The lowest BCUT2D eigenvalue weighted by atomic mass is 9.48. The van der Waals surface area contributed by atoms with E-state index in [9.17, 15) is 14.4 Å². The van der Waals surface area contributed by atoms with Crippen LogP contribution >= 0.6 is 0 Å². The molecule has 3 atom stereocenters. The van der Waals surface area contributed by atoms with Crippen molar-refractivity contribution in [3.05, 3.63) is 0 Å². The third-order valence-corrected chi connectivity index (χ3v) is 9.10. The highest BCUT2D eigenvalue weighted by molar-refractivity contribution is 5.83. The Balaban J connectivity index is 1.16. The monoisotopic (exact) mass is 447 g/mol. The SMILES string of the molecule is COC1CCN(C(=O)N2CCC(C(=O)OC3C4CC5CC(C4)CC3(C(N)=O)C5)CC2)CC1. The van der Waals surface area contributed by atoms with E-state index in [1.165, 1.54) is 6.42 Å². The number of piperidine rings is 2. The van der Waals surface area contributed by atoms with E-state index in [2.05, 4.69) is 0 Å². The Kier molecular flexibility index (Phi) is 5.84. The minimum atomic E-state index is -0.657. The van der Waals surface area contributed by atoms with Crippen LogP contribution in [0.15, 0.2) is 0 Å². The molecule has 2 aliphatic heterocycles. The van der Waals surface area contributed by atoms with Crippen LogP contribution in [0.5, 0.6) is 0 Å². The molecule has 4 saturated carbocycles. The van der Waals surface area contributed by atoms with Crippen LogP contribution in [0.3, 0.4) is 0 Å². The number of carbonyl (C=O) groups is 3. The second-order valence-corrected chi connectivity index (χ2v) is 11.0. The number of ether oxygens (including phenoxy) is 2. The maximum atomic E-state index is 13.1. The van der Waals surface area contributed by atoms with Gasteiger partial charge in [0, 0.05) is 33.3 Å². The van der Waals surface area contributed by atoms with Crippen LogP contribution in [0.1, 0.15) is 57.8 Å².